The molecule has 5 amide bonds. The first kappa shape index (κ1) is 57.4. The number of halogens is 1. The number of amides is 5. The molecule has 1 unspecified atom stereocenters. The van der Waals surface area contributed by atoms with E-state index in [1.165, 1.54) is 47.2 Å². The number of ether oxygens (including phenoxy) is 1. The fourth-order valence-electron chi connectivity index (χ4n) is 11.8. The van der Waals surface area contributed by atoms with Crippen molar-refractivity contribution in [3.05, 3.63) is 152 Å². The Morgan fingerprint density at radius 2 is 1.65 bits per heavy atom. The van der Waals surface area contributed by atoms with Crippen LogP contribution >= 0.6 is 11.6 Å². The smallest absolute Gasteiger partial charge is 0.293 e. The number of hydrogen-bond acceptors (Lipinski definition) is 15. The number of H-pyrrole nitrogens is 1. The minimum absolute atomic E-state index is 0.0344. The highest BCUT2D eigenvalue weighted by molar-refractivity contribution is 7.90. The van der Waals surface area contributed by atoms with Crippen molar-refractivity contribution >= 4 is 84.8 Å². The van der Waals surface area contributed by atoms with Crippen LogP contribution in [0.5, 0.6) is 11.5 Å². The van der Waals surface area contributed by atoms with E-state index in [4.69, 9.17) is 16.3 Å². The molecule has 0 saturated carbocycles. The van der Waals surface area contributed by atoms with Gasteiger partial charge in [0, 0.05) is 98.6 Å². The van der Waals surface area contributed by atoms with Crippen LogP contribution in [-0.4, -0.2) is 132 Å². The largest absolute Gasteiger partial charge is 0.455 e. The van der Waals surface area contributed by atoms with Crippen molar-refractivity contribution < 1.29 is 42.1 Å². The highest BCUT2D eigenvalue weighted by Gasteiger charge is 2.45. The van der Waals surface area contributed by atoms with E-state index in [1.54, 1.807) is 36.5 Å². The van der Waals surface area contributed by atoms with Gasteiger partial charge in [-0.2, -0.15) is 0 Å². The molecule has 1 atom stereocenters. The van der Waals surface area contributed by atoms with Crippen molar-refractivity contribution in [2.75, 3.05) is 69.1 Å². The number of aromatic amines is 1. The third-order valence-corrected chi connectivity index (χ3v) is 18.1. The van der Waals surface area contributed by atoms with Gasteiger partial charge in [-0.3, -0.25) is 49.2 Å². The number of nitro benzene ring substituents is 1. The fourth-order valence-corrected chi connectivity index (χ4v) is 12.9. The summed E-state index contributed by atoms with van der Waals surface area (Å²) < 4.78 is 36.4. The van der Waals surface area contributed by atoms with Crippen molar-refractivity contribution in [1.29, 1.82) is 0 Å². The molecular weight excluding hydrogens is 1110 g/mol. The molecule has 6 heterocycles. The molecule has 3 saturated heterocycles. The Bertz CT molecular complexity index is 3840. The first-order chi connectivity index (χ1) is 40.3. The van der Waals surface area contributed by atoms with Gasteiger partial charge in [0.05, 0.1) is 32.7 Å². The van der Waals surface area contributed by atoms with Crippen molar-refractivity contribution in [3.8, 4) is 23.3 Å². The zero-order valence-corrected chi connectivity index (χ0v) is 48.1. The summed E-state index contributed by atoms with van der Waals surface area (Å²) in [6.45, 7) is 11.1. The number of fused-ring (bicyclic) bond motifs is 2. The Labute approximate surface area is 491 Å². The number of rotatable bonds is 16. The van der Waals surface area contributed by atoms with Gasteiger partial charge in [0.25, 0.3) is 33.4 Å². The Morgan fingerprint density at radius 3 is 2.42 bits per heavy atom. The Hall–Kier alpha value is -8.42. The van der Waals surface area contributed by atoms with E-state index in [1.807, 2.05) is 18.2 Å². The quantitative estimate of drug-likeness (QED) is 0.0306. The molecule has 4 N–H and O–H groups in total. The second-order valence-electron chi connectivity index (χ2n) is 22.9. The van der Waals surface area contributed by atoms with E-state index < -0.39 is 61.1 Å². The Morgan fingerprint density at radius 1 is 0.881 bits per heavy atom. The highest BCUT2D eigenvalue weighted by atomic mass is 35.5. The summed E-state index contributed by atoms with van der Waals surface area (Å²) in [5.41, 5.74) is 6.19. The topological polar surface area (TPSA) is 250 Å². The molecule has 6 aromatic rings. The Balaban J connectivity index is 0.699. The van der Waals surface area contributed by atoms with Crippen molar-refractivity contribution in [1.82, 2.24) is 34.7 Å². The molecule has 3 fully saturated rings. The van der Waals surface area contributed by atoms with Gasteiger partial charge < -0.3 is 24.8 Å². The predicted molar refractivity (Wildman–Crippen MR) is 317 cm³/mol. The van der Waals surface area contributed by atoms with E-state index >= 15 is 0 Å². The van der Waals surface area contributed by atoms with Crippen molar-refractivity contribution in [2.45, 2.75) is 76.2 Å². The number of pyridine rings is 1. The number of sulfonamides is 1. The fraction of sp³-hybridized carbons (Fsp3) is 0.355. The van der Waals surface area contributed by atoms with Crippen LogP contribution in [0.2, 0.25) is 5.02 Å². The summed E-state index contributed by atoms with van der Waals surface area (Å²) in [6.07, 6.45) is 8.62. The molecule has 0 bridgehead atoms. The molecule has 22 heteroatoms. The van der Waals surface area contributed by atoms with Gasteiger partial charge in [-0.1, -0.05) is 55.0 Å². The Kier molecular flexibility index (Phi) is 16.4. The normalized spacial score (nSPS) is 18.8. The first-order valence-electron chi connectivity index (χ1n) is 28.2. The average molecular weight is 1180 g/mol. The number of likely N-dealkylation sites (tertiary alicyclic amines) is 1. The number of aromatic nitrogens is 2. The number of nitro groups is 1. The second kappa shape index (κ2) is 24.0. The molecule has 0 spiro atoms. The van der Waals surface area contributed by atoms with Crippen LogP contribution in [0.4, 0.5) is 17.1 Å². The molecule has 1 aliphatic carbocycles. The number of nitrogens with zero attached hydrogens (tertiary/aromatic N) is 6. The van der Waals surface area contributed by atoms with Crippen LogP contribution in [0.1, 0.15) is 107 Å². The molecule has 11 rings (SSSR count). The third-order valence-electron chi connectivity index (χ3n) is 16.6. The summed E-state index contributed by atoms with van der Waals surface area (Å²) in [6, 6.07) is 24.0. The molecule has 5 aliphatic rings. The van der Waals surface area contributed by atoms with Crippen LogP contribution in [0.25, 0.3) is 16.6 Å². The van der Waals surface area contributed by atoms with Gasteiger partial charge in [-0.15, -0.1) is 0 Å². The predicted octanol–water partition coefficient (Wildman–Crippen LogP) is 8.79. The summed E-state index contributed by atoms with van der Waals surface area (Å²) in [7, 11) is -4.65. The van der Waals surface area contributed by atoms with Gasteiger partial charge in [0.15, 0.2) is 0 Å². The zero-order chi connectivity index (χ0) is 58.9. The number of carbonyl (C=O) groups is 5. The van der Waals surface area contributed by atoms with Crippen LogP contribution in [0.15, 0.2) is 114 Å². The minimum atomic E-state index is -4.65. The number of nitrogens with one attached hydrogen (secondary N) is 4. The monoisotopic (exact) mass is 1170 g/mol. The molecule has 20 nitrogen and oxygen atoms in total. The standard InChI is InChI=1S/C62H63ClN10O10S/c1-62(2)22-18-43(51(35-62)41-7-9-44(63)10-8-41)38-70-27-29-71(30-28-70)45-11-14-49(55(33-45)83-46-32-42-19-23-64-57(42)66-37-46)58(75)68-84(81,82)47-12-15-52(54(34-47)73(79)80)65-36-40-20-25-69(26-21-40)24-4-3-5-39-6-13-48-50(31-39)61(78)72(60(48)77)53-16-17-56(74)67-59(53)76/h6-15,19,23,31-34,37,40,53,65H,4,16-18,20-22,24-30,35-36,38H2,1-2H3,(H,64,66)(H,68,75)(H,67,74,76). The van der Waals surface area contributed by atoms with Gasteiger partial charge in [-0.05, 0) is 141 Å². The summed E-state index contributed by atoms with van der Waals surface area (Å²) in [5.74, 6) is 3.54. The van der Waals surface area contributed by atoms with E-state index in [2.05, 4.69) is 77.8 Å². The molecule has 2 aromatic heterocycles. The first-order valence-corrected chi connectivity index (χ1v) is 30.1. The SMILES string of the molecule is CC1(C)CCC(CN2CCN(c3ccc(C(=O)NS(=O)(=O)c4ccc(NCC5CCN(CCC#Cc6ccc7c(c6)C(=O)N(C6CCC(=O)NC6=O)C7=O)CC5)c([N+](=O)[O-])c4)c(Oc4cnc5[nH]ccc5c4)c3)CC2)=C(c2ccc(Cl)cc2)C1. The molecule has 4 aromatic carbocycles. The maximum atomic E-state index is 14.1. The number of piperidine rings is 2. The maximum Gasteiger partial charge on any atom is 0.293 e. The van der Waals surface area contributed by atoms with Gasteiger partial charge in [0.1, 0.15) is 28.9 Å². The number of imide groups is 2. The summed E-state index contributed by atoms with van der Waals surface area (Å²) in [4.78, 5) is 91.2. The van der Waals surface area contributed by atoms with E-state index in [-0.39, 0.29) is 52.3 Å². The lowest BCUT2D eigenvalue weighted by molar-refractivity contribution is -0.384. The van der Waals surface area contributed by atoms with Crippen LogP contribution < -0.4 is 25.0 Å². The average Bonchev–Trinajstić information content (AvgIpc) is 2.85. The van der Waals surface area contributed by atoms with E-state index in [0.29, 0.717) is 54.6 Å². The van der Waals surface area contributed by atoms with Crippen molar-refractivity contribution in [2.24, 2.45) is 11.3 Å². The number of benzene rings is 4. The maximum absolute atomic E-state index is 14.1. The lowest BCUT2D eigenvalue weighted by Gasteiger charge is -2.39. The number of allylic oxidation sites excluding steroid dienone is 1. The van der Waals surface area contributed by atoms with Gasteiger partial charge >= 0.3 is 0 Å². The van der Waals surface area contributed by atoms with Gasteiger partial charge in [-0.25, -0.2) is 18.1 Å². The lowest BCUT2D eigenvalue weighted by atomic mass is 9.72. The molecule has 434 valence electrons. The van der Waals surface area contributed by atoms with Crippen molar-refractivity contribution in [3.63, 3.8) is 0 Å². The summed E-state index contributed by atoms with van der Waals surface area (Å²) in [5, 5.41) is 19.3. The number of hydrogen-bond donors (Lipinski definition) is 4. The number of piperazine rings is 1. The van der Waals surface area contributed by atoms with Crippen LogP contribution in [0, 0.1) is 33.3 Å². The highest BCUT2D eigenvalue weighted by Crippen LogP contribution is 2.44. The molecule has 0 radical (unpaired) electrons. The third kappa shape index (κ3) is 12.7. The molecular formula is C62H63ClN10O10S. The lowest BCUT2D eigenvalue weighted by Crippen LogP contribution is -2.54. The minimum Gasteiger partial charge on any atom is -0.455 e. The second-order valence-corrected chi connectivity index (χ2v) is 25.0. The summed E-state index contributed by atoms with van der Waals surface area (Å²) >= 11 is 6.27. The van der Waals surface area contributed by atoms with Gasteiger partial charge in [0.2, 0.25) is 11.8 Å². The van der Waals surface area contributed by atoms with Crippen LogP contribution in [0.3, 0.4) is 0 Å². The molecule has 4 aliphatic heterocycles. The zero-order valence-electron chi connectivity index (χ0n) is 46.5. The number of anilines is 2. The number of carbonyl (C=O) groups excluding carboxylic acids is 5. The molecule has 84 heavy (non-hydrogen) atoms. The van der Waals surface area contributed by atoms with E-state index in [9.17, 15) is 42.5 Å². The van der Waals surface area contributed by atoms with Crippen LogP contribution in [-0.2, 0) is 19.6 Å². The van der Waals surface area contributed by atoms with E-state index in [0.717, 1.165) is 86.9 Å².